The van der Waals surface area contributed by atoms with Gasteiger partial charge in [0, 0.05) is 0 Å². The molecular formula is C16H18O2Sn. The van der Waals surface area contributed by atoms with Crippen LogP contribution in [0, 0.1) is 0 Å². The first-order valence-electron chi connectivity index (χ1n) is 6.49. The summed E-state index contributed by atoms with van der Waals surface area (Å²) in [6, 6.07) is 20.4. The van der Waals surface area contributed by atoms with E-state index >= 15 is 0 Å². The summed E-state index contributed by atoms with van der Waals surface area (Å²) in [4.78, 5) is 11.6. The van der Waals surface area contributed by atoms with Gasteiger partial charge < -0.3 is 0 Å². The van der Waals surface area contributed by atoms with Crippen LogP contribution in [0.15, 0.2) is 60.7 Å². The molecule has 0 N–H and O–H groups in total. The topological polar surface area (TPSA) is 26.3 Å². The van der Waals surface area contributed by atoms with Crippen LogP contribution < -0.4 is 7.16 Å². The van der Waals surface area contributed by atoms with Gasteiger partial charge in [-0.3, -0.25) is 0 Å². The van der Waals surface area contributed by atoms with E-state index in [1.165, 1.54) is 14.1 Å². The molecule has 0 heterocycles. The van der Waals surface area contributed by atoms with Crippen LogP contribution in [-0.4, -0.2) is 24.8 Å². The van der Waals surface area contributed by atoms with Crippen LogP contribution in [0.1, 0.15) is 13.8 Å². The summed E-state index contributed by atoms with van der Waals surface area (Å²) in [5.74, 6) is -0.176. The normalized spacial score (nSPS) is 11.1. The fourth-order valence-corrected chi connectivity index (χ4v) is 12.4. The minimum absolute atomic E-state index is 0.176. The van der Waals surface area contributed by atoms with Gasteiger partial charge in [0.25, 0.3) is 0 Å². The average Bonchev–Trinajstić information content (AvgIpc) is 2.46. The van der Waals surface area contributed by atoms with E-state index in [0.717, 1.165) is 4.44 Å². The molecule has 2 rings (SSSR count). The van der Waals surface area contributed by atoms with Gasteiger partial charge in [-0.15, -0.1) is 0 Å². The molecule has 0 spiro atoms. The van der Waals surface area contributed by atoms with E-state index in [0.29, 0.717) is 0 Å². The summed E-state index contributed by atoms with van der Waals surface area (Å²) in [7, 11) is 0. The van der Waals surface area contributed by atoms with E-state index in [9.17, 15) is 4.79 Å². The maximum atomic E-state index is 11.6. The van der Waals surface area contributed by atoms with Gasteiger partial charge in [0.1, 0.15) is 0 Å². The van der Waals surface area contributed by atoms with Crippen molar-refractivity contribution in [2.24, 2.45) is 0 Å². The Morgan fingerprint density at radius 1 is 0.947 bits per heavy atom. The Bertz CT molecular complexity index is 498. The van der Waals surface area contributed by atoms with Crippen molar-refractivity contribution < 1.29 is 7.87 Å². The molecule has 0 atom stereocenters. The van der Waals surface area contributed by atoms with E-state index in [4.69, 9.17) is 3.07 Å². The summed E-state index contributed by atoms with van der Waals surface area (Å²) >= 11 is -3.32. The van der Waals surface area contributed by atoms with Crippen molar-refractivity contribution in [3.63, 3.8) is 0 Å². The van der Waals surface area contributed by atoms with Crippen molar-refractivity contribution in [1.29, 1.82) is 0 Å². The van der Waals surface area contributed by atoms with Crippen molar-refractivity contribution >= 4 is 31.9 Å². The summed E-state index contributed by atoms with van der Waals surface area (Å²) in [6.45, 7) is 3.63. The predicted molar refractivity (Wildman–Crippen MR) is 80.2 cm³/mol. The molecule has 0 aliphatic heterocycles. The van der Waals surface area contributed by atoms with Crippen LogP contribution in [0.5, 0.6) is 0 Å². The Balaban J connectivity index is 2.58. The number of carbonyl (C=O) groups excluding carboxylic acids is 1. The molecule has 0 amide bonds. The van der Waals surface area contributed by atoms with Gasteiger partial charge >= 0.3 is 119 Å². The number of benzene rings is 2. The SMILES string of the molecule is C[CH2][Sn]([O]C(C)=O)([c]1ccccc1)[c]1ccccc1. The first kappa shape index (κ1) is 14.1. The second-order valence-electron chi connectivity index (χ2n) is 4.51. The third-order valence-electron chi connectivity index (χ3n) is 3.30. The van der Waals surface area contributed by atoms with Gasteiger partial charge in [0.2, 0.25) is 0 Å². The third kappa shape index (κ3) is 3.00. The Kier molecular flexibility index (Phi) is 4.64. The van der Waals surface area contributed by atoms with Gasteiger partial charge in [0.05, 0.1) is 0 Å². The molecule has 3 heteroatoms. The Labute approximate surface area is 118 Å². The van der Waals surface area contributed by atoms with E-state index < -0.39 is 18.8 Å². The standard InChI is InChI=1S/2C6H5.C2H4O2.C2H5.Sn/c2*1-2-4-6-5-3-1;1-2(3)4;1-2;/h2*1-5H;1H3,(H,3,4);1H2,2H3;/q;;;;+1/p-1. The van der Waals surface area contributed by atoms with Gasteiger partial charge in [-0.1, -0.05) is 0 Å². The van der Waals surface area contributed by atoms with Crippen LogP contribution in [-0.2, 0) is 7.87 Å². The molecule has 19 heavy (non-hydrogen) atoms. The molecule has 2 aromatic carbocycles. The first-order valence-corrected chi connectivity index (χ1v) is 12.5. The summed E-state index contributed by atoms with van der Waals surface area (Å²) in [6.07, 6.45) is 0. The molecular weight excluding hydrogens is 343 g/mol. The van der Waals surface area contributed by atoms with E-state index in [2.05, 4.69) is 31.2 Å². The molecule has 0 unspecified atom stereocenters. The van der Waals surface area contributed by atoms with E-state index in [1.807, 2.05) is 36.4 Å². The molecule has 98 valence electrons. The van der Waals surface area contributed by atoms with Gasteiger partial charge in [-0.2, -0.15) is 0 Å². The fraction of sp³-hybridized carbons (Fsp3) is 0.188. The number of hydrogen-bond donors (Lipinski definition) is 0. The maximum absolute atomic E-state index is 11.6. The monoisotopic (exact) mass is 362 g/mol. The van der Waals surface area contributed by atoms with E-state index in [-0.39, 0.29) is 5.97 Å². The average molecular weight is 361 g/mol. The Morgan fingerprint density at radius 3 is 1.68 bits per heavy atom. The zero-order chi connectivity index (χ0) is 13.7. The van der Waals surface area contributed by atoms with Gasteiger partial charge in [-0.05, 0) is 0 Å². The van der Waals surface area contributed by atoms with Crippen molar-refractivity contribution in [3.05, 3.63) is 60.7 Å². The van der Waals surface area contributed by atoms with Crippen LogP contribution in [0.3, 0.4) is 0 Å². The summed E-state index contributed by atoms with van der Waals surface area (Å²) in [5, 5.41) is 0. The molecule has 0 bridgehead atoms. The first-order chi connectivity index (χ1) is 9.19. The second kappa shape index (κ2) is 6.24. The minimum atomic E-state index is -3.32. The van der Waals surface area contributed by atoms with Crippen molar-refractivity contribution in [2.45, 2.75) is 18.3 Å². The van der Waals surface area contributed by atoms with Crippen LogP contribution in [0.25, 0.3) is 0 Å². The summed E-state index contributed by atoms with van der Waals surface area (Å²) in [5.41, 5.74) is 0. The molecule has 0 fully saturated rings. The van der Waals surface area contributed by atoms with Crippen molar-refractivity contribution in [3.8, 4) is 0 Å². The van der Waals surface area contributed by atoms with Crippen LogP contribution in [0.2, 0.25) is 4.44 Å². The van der Waals surface area contributed by atoms with Crippen LogP contribution in [0.4, 0.5) is 0 Å². The summed E-state index contributed by atoms with van der Waals surface area (Å²) < 4.78 is 9.25. The zero-order valence-corrected chi connectivity index (χ0v) is 14.2. The number of rotatable bonds is 4. The molecule has 0 saturated carbocycles. The molecule has 2 aromatic rings. The molecule has 0 saturated heterocycles. The molecule has 0 radical (unpaired) electrons. The molecule has 0 aliphatic rings. The second-order valence-corrected chi connectivity index (χ2v) is 15.1. The molecule has 0 aliphatic carbocycles. The van der Waals surface area contributed by atoms with Crippen molar-refractivity contribution in [2.75, 3.05) is 0 Å². The number of hydrogen-bond acceptors (Lipinski definition) is 2. The van der Waals surface area contributed by atoms with Crippen LogP contribution >= 0.6 is 0 Å². The van der Waals surface area contributed by atoms with Gasteiger partial charge in [0.15, 0.2) is 0 Å². The number of carbonyl (C=O) groups is 1. The van der Waals surface area contributed by atoms with Crippen molar-refractivity contribution in [1.82, 2.24) is 0 Å². The quantitative estimate of drug-likeness (QED) is 0.782. The Hall–Kier alpha value is -1.29. The fourth-order valence-electron chi connectivity index (χ4n) is 2.43. The Morgan fingerprint density at radius 2 is 1.37 bits per heavy atom. The zero-order valence-electron chi connectivity index (χ0n) is 11.3. The molecule has 0 aromatic heterocycles. The molecule has 2 nitrogen and oxygen atoms in total. The van der Waals surface area contributed by atoms with Gasteiger partial charge in [-0.25, -0.2) is 0 Å². The van der Waals surface area contributed by atoms with E-state index in [1.54, 1.807) is 0 Å². The third-order valence-corrected chi connectivity index (χ3v) is 15.2. The predicted octanol–water partition coefficient (Wildman–Crippen LogP) is 2.33.